The molecule has 0 atom stereocenters. The summed E-state index contributed by atoms with van der Waals surface area (Å²) in [4.78, 5) is 34.7. The SMILES string of the molecule is CC(=O)N(C)CC(=O)Nc1snc(C)c1C(=O)O. The van der Waals surface area contributed by atoms with Gasteiger partial charge < -0.3 is 15.3 Å². The van der Waals surface area contributed by atoms with Crippen LogP contribution in [0.4, 0.5) is 5.00 Å². The molecule has 0 aromatic carbocycles. The maximum atomic E-state index is 11.6. The molecule has 18 heavy (non-hydrogen) atoms. The number of carboxylic acids is 1. The van der Waals surface area contributed by atoms with Gasteiger partial charge in [-0.3, -0.25) is 9.59 Å². The number of carboxylic acid groups (broad SMARTS) is 1. The van der Waals surface area contributed by atoms with Crippen LogP contribution in [0.1, 0.15) is 23.0 Å². The molecule has 1 heterocycles. The van der Waals surface area contributed by atoms with Crippen molar-refractivity contribution in [2.45, 2.75) is 13.8 Å². The Labute approximate surface area is 108 Å². The molecule has 98 valence electrons. The Kier molecular flexibility index (Phi) is 4.38. The van der Waals surface area contributed by atoms with E-state index in [0.717, 1.165) is 11.5 Å². The van der Waals surface area contributed by atoms with Gasteiger partial charge in [-0.25, -0.2) is 4.79 Å². The average molecular weight is 271 g/mol. The van der Waals surface area contributed by atoms with E-state index >= 15 is 0 Å². The summed E-state index contributed by atoms with van der Waals surface area (Å²) in [5.74, 6) is -1.85. The van der Waals surface area contributed by atoms with Crippen molar-refractivity contribution in [2.24, 2.45) is 0 Å². The van der Waals surface area contributed by atoms with E-state index in [2.05, 4.69) is 9.69 Å². The van der Waals surface area contributed by atoms with E-state index < -0.39 is 11.9 Å². The third-order valence-corrected chi connectivity index (χ3v) is 3.10. The lowest BCUT2D eigenvalue weighted by Gasteiger charge is -2.13. The van der Waals surface area contributed by atoms with Crippen molar-refractivity contribution in [1.29, 1.82) is 0 Å². The molecule has 0 aliphatic rings. The maximum Gasteiger partial charge on any atom is 0.340 e. The van der Waals surface area contributed by atoms with Crippen LogP contribution in [-0.2, 0) is 9.59 Å². The highest BCUT2D eigenvalue weighted by Gasteiger charge is 2.19. The number of likely N-dealkylation sites (N-methyl/N-ethyl adjacent to an activating group) is 1. The van der Waals surface area contributed by atoms with E-state index in [9.17, 15) is 14.4 Å². The van der Waals surface area contributed by atoms with E-state index in [0.29, 0.717) is 5.69 Å². The van der Waals surface area contributed by atoms with Crippen molar-refractivity contribution in [1.82, 2.24) is 9.27 Å². The molecule has 0 aliphatic heterocycles. The summed E-state index contributed by atoms with van der Waals surface area (Å²) in [6, 6.07) is 0. The minimum absolute atomic E-state index is 0.0150. The first-order chi connectivity index (χ1) is 8.32. The van der Waals surface area contributed by atoms with Gasteiger partial charge in [-0.15, -0.1) is 0 Å². The van der Waals surface area contributed by atoms with Crippen molar-refractivity contribution in [3.8, 4) is 0 Å². The molecule has 1 aromatic rings. The minimum atomic E-state index is -1.14. The second kappa shape index (κ2) is 5.58. The molecule has 0 saturated heterocycles. The molecule has 8 heteroatoms. The first-order valence-electron chi connectivity index (χ1n) is 5.04. The normalized spacial score (nSPS) is 9.94. The molecule has 7 nitrogen and oxygen atoms in total. The first-order valence-corrected chi connectivity index (χ1v) is 5.81. The third kappa shape index (κ3) is 3.27. The Balaban J connectivity index is 2.77. The Morgan fingerprint density at radius 1 is 1.44 bits per heavy atom. The van der Waals surface area contributed by atoms with Crippen LogP contribution < -0.4 is 5.32 Å². The standard InChI is InChI=1S/C10H13N3O4S/c1-5-8(10(16)17)9(18-12-5)11-7(15)4-13(3)6(2)14/h4H2,1-3H3,(H,11,15)(H,16,17). The zero-order chi connectivity index (χ0) is 13.9. The molecule has 2 N–H and O–H groups in total. The van der Waals surface area contributed by atoms with Crippen LogP contribution >= 0.6 is 11.5 Å². The summed E-state index contributed by atoms with van der Waals surface area (Å²) < 4.78 is 3.87. The molecule has 0 bridgehead atoms. The Hall–Kier alpha value is -1.96. The van der Waals surface area contributed by atoms with Crippen molar-refractivity contribution < 1.29 is 19.5 Å². The number of nitrogens with zero attached hydrogens (tertiary/aromatic N) is 2. The third-order valence-electron chi connectivity index (χ3n) is 2.25. The molecule has 2 amide bonds. The zero-order valence-electron chi connectivity index (χ0n) is 10.2. The summed E-state index contributed by atoms with van der Waals surface area (Å²) in [5, 5.41) is 11.6. The lowest BCUT2D eigenvalue weighted by Crippen LogP contribution is -2.33. The van der Waals surface area contributed by atoms with Crippen LogP contribution in [0, 0.1) is 6.92 Å². The van der Waals surface area contributed by atoms with Gasteiger partial charge in [0.15, 0.2) is 0 Å². The van der Waals surface area contributed by atoms with Gasteiger partial charge in [0.05, 0.1) is 12.2 Å². The average Bonchev–Trinajstić information content (AvgIpc) is 2.59. The van der Waals surface area contributed by atoms with Crippen molar-refractivity contribution in [3.63, 3.8) is 0 Å². The number of aromatic nitrogens is 1. The topological polar surface area (TPSA) is 99.6 Å². The number of nitrogens with one attached hydrogen (secondary N) is 1. The second-order valence-corrected chi connectivity index (χ2v) is 4.47. The highest BCUT2D eigenvalue weighted by Crippen LogP contribution is 2.24. The molecule has 0 aliphatic carbocycles. The van der Waals surface area contributed by atoms with Crippen LogP contribution in [0.3, 0.4) is 0 Å². The summed E-state index contributed by atoms with van der Waals surface area (Å²) in [6.45, 7) is 2.76. The molecular weight excluding hydrogens is 258 g/mol. The number of anilines is 1. The van der Waals surface area contributed by atoms with Gasteiger partial charge in [-0.2, -0.15) is 4.37 Å². The van der Waals surface area contributed by atoms with Gasteiger partial charge >= 0.3 is 5.97 Å². The molecule has 1 aromatic heterocycles. The Morgan fingerprint density at radius 3 is 2.56 bits per heavy atom. The molecule has 0 saturated carbocycles. The van der Waals surface area contributed by atoms with Gasteiger partial charge in [0.1, 0.15) is 10.6 Å². The highest BCUT2D eigenvalue weighted by atomic mass is 32.1. The number of carbonyl (C=O) groups is 3. The summed E-state index contributed by atoms with van der Waals surface area (Å²) in [5.41, 5.74) is 0.335. The molecular formula is C10H13N3O4S. The predicted molar refractivity (Wildman–Crippen MR) is 65.8 cm³/mol. The number of aryl methyl sites for hydroxylation is 1. The van der Waals surface area contributed by atoms with Crippen molar-refractivity contribution in [3.05, 3.63) is 11.3 Å². The summed E-state index contributed by atoms with van der Waals surface area (Å²) in [6.07, 6.45) is 0. The largest absolute Gasteiger partial charge is 0.478 e. The predicted octanol–water partition coefficient (Wildman–Crippen LogP) is 0.567. The van der Waals surface area contributed by atoms with E-state index in [1.165, 1.54) is 18.9 Å². The monoisotopic (exact) mass is 271 g/mol. The fourth-order valence-electron chi connectivity index (χ4n) is 1.20. The van der Waals surface area contributed by atoms with E-state index in [4.69, 9.17) is 5.11 Å². The first kappa shape index (κ1) is 14.1. The minimum Gasteiger partial charge on any atom is -0.478 e. The summed E-state index contributed by atoms with van der Waals surface area (Å²) in [7, 11) is 1.48. The van der Waals surface area contributed by atoms with E-state index in [1.54, 1.807) is 6.92 Å². The Morgan fingerprint density at radius 2 is 2.06 bits per heavy atom. The molecule has 0 spiro atoms. The van der Waals surface area contributed by atoms with Crippen LogP contribution in [0.2, 0.25) is 0 Å². The smallest absolute Gasteiger partial charge is 0.340 e. The van der Waals surface area contributed by atoms with E-state index in [-0.39, 0.29) is 23.0 Å². The number of aromatic carboxylic acids is 1. The fraction of sp³-hybridized carbons (Fsp3) is 0.400. The molecule has 0 unspecified atom stereocenters. The van der Waals surface area contributed by atoms with Gasteiger partial charge in [-0.05, 0) is 18.5 Å². The van der Waals surface area contributed by atoms with Crippen molar-refractivity contribution in [2.75, 3.05) is 18.9 Å². The Bertz CT molecular complexity index is 497. The molecule has 0 fully saturated rings. The quantitative estimate of drug-likeness (QED) is 0.833. The second-order valence-electron chi connectivity index (χ2n) is 3.70. The van der Waals surface area contributed by atoms with Crippen molar-refractivity contribution >= 4 is 34.3 Å². The number of hydrogen-bond donors (Lipinski definition) is 2. The van der Waals surface area contributed by atoms with Crippen LogP contribution in [0.15, 0.2) is 0 Å². The van der Waals surface area contributed by atoms with Gasteiger partial charge in [-0.1, -0.05) is 0 Å². The lowest BCUT2D eigenvalue weighted by atomic mass is 10.2. The summed E-state index contributed by atoms with van der Waals surface area (Å²) >= 11 is 0.902. The molecule has 1 rings (SSSR count). The highest BCUT2D eigenvalue weighted by molar-refractivity contribution is 7.11. The number of carbonyl (C=O) groups excluding carboxylic acids is 2. The van der Waals surface area contributed by atoms with Gasteiger partial charge in [0.2, 0.25) is 11.8 Å². The van der Waals surface area contributed by atoms with Crippen LogP contribution in [-0.4, -0.2) is 45.8 Å². The fourth-order valence-corrected chi connectivity index (χ4v) is 2.01. The lowest BCUT2D eigenvalue weighted by molar-refractivity contribution is -0.131. The maximum absolute atomic E-state index is 11.6. The number of rotatable bonds is 4. The zero-order valence-corrected chi connectivity index (χ0v) is 11.0. The number of amides is 2. The number of hydrogen-bond acceptors (Lipinski definition) is 5. The van der Waals surface area contributed by atoms with Gasteiger partial charge in [0.25, 0.3) is 0 Å². The van der Waals surface area contributed by atoms with Crippen LogP contribution in [0.5, 0.6) is 0 Å². The molecule has 0 radical (unpaired) electrons. The van der Waals surface area contributed by atoms with E-state index in [1.807, 2.05) is 0 Å². The van der Waals surface area contributed by atoms with Crippen LogP contribution in [0.25, 0.3) is 0 Å². The van der Waals surface area contributed by atoms with Gasteiger partial charge in [0, 0.05) is 14.0 Å².